The summed E-state index contributed by atoms with van der Waals surface area (Å²) < 4.78 is 77.4. The molecule has 4 aromatic rings. The molecule has 0 spiro atoms. The number of aliphatic hydroxyl groups is 2. The van der Waals surface area contributed by atoms with Crippen LogP contribution in [-0.4, -0.2) is 112 Å². The SMILES string of the molecule is O=[P+](S)O[C@@H]1C(CO)O[C@@H](n2cnc3c(NC/C=C/CCNc4ncnc5c4ncn5C4OC(CO)[C@@H](O[P+](=O)S)[C@H]4F)ncnc32)[C@@H]1F. The van der Waals surface area contributed by atoms with Gasteiger partial charge in [-0.2, -0.15) is 0 Å². The van der Waals surface area contributed by atoms with Crippen LogP contribution in [0.15, 0.2) is 37.5 Å². The van der Waals surface area contributed by atoms with Gasteiger partial charge in [0, 0.05) is 13.1 Å². The summed E-state index contributed by atoms with van der Waals surface area (Å²) in [4.78, 5) is 25.5. The number of nitrogens with zero attached hydrogens (tertiary/aromatic N) is 8. The van der Waals surface area contributed by atoms with Crippen LogP contribution in [0.1, 0.15) is 18.9 Å². The lowest BCUT2D eigenvalue weighted by Crippen LogP contribution is -2.31. The maximum absolute atomic E-state index is 15.2. The Kier molecular flexibility index (Phi) is 11.6. The molecule has 0 amide bonds. The predicted octanol–water partition coefficient (Wildman–Crippen LogP) is 2.84. The Morgan fingerprint density at radius 1 is 0.796 bits per heavy atom. The van der Waals surface area contributed by atoms with Gasteiger partial charge in [-0.3, -0.25) is 9.13 Å². The van der Waals surface area contributed by atoms with Crippen molar-refractivity contribution in [2.24, 2.45) is 0 Å². The van der Waals surface area contributed by atoms with Crippen molar-refractivity contribution in [3.63, 3.8) is 0 Å². The average Bonchev–Trinajstić information content (AvgIpc) is 3.85. The number of rotatable bonds is 15. The van der Waals surface area contributed by atoms with Gasteiger partial charge >= 0.3 is 14.5 Å². The van der Waals surface area contributed by atoms with E-state index in [-0.39, 0.29) is 11.3 Å². The van der Waals surface area contributed by atoms with Gasteiger partial charge in [0.1, 0.15) is 49.4 Å². The Morgan fingerprint density at radius 2 is 1.29 bits per heavy atom. The molecule has 0 aromatic carbocycles. The number of halogens is 2. The van der Waals surface area contributed by atoms with Crippen LogP contribution in [0, 0.1) is 0 Å². The normalized spacial score (nSPS) is 27.8. The zero-order valence-corrected chi connectivity index (χ0v) is 28.7. The molecule has 0 radical (unpaired) electrons. The lowest BCUT2D eigenvalue weighted by Gasteiger charge is -2.15. The first-order valence-corrected chi connectivity index (χ1v) is 19.3. The van der Waals surface area contributed by atoms with Gasteiger partial charge in [0.25, 0.3) is 0 Å². The van der Waals surface area contributed by atoms with Crippen LogP contribution in [-0.2, 0) is 27.7 Å². The van der Waals surface area contributed by atoms with E-state index in [4.69, 9.17) is 18.5 Å². The topological polar surface area (TPSA) is 223 Å². The summed E-state index contributed by atoms with van der Waals surface area (Å²) in [5, 5.41) is 25.5. The van der Waals surface area contributed by atoms with Crippen molar-refractivity contribution in [2.75, 3.05) is 36.9 Å². The number of anilines is 2. The molecule has 262 valence electrons. The summed E-state index contributed by atoms with van der Waals surface area (Å²) in [5.41, 5.74) is 1.30. The molecule has 0 bridgehead atoms. The summed E-state index contributed by atoms with van der Waals surface area (Å²) in [6, 6.07) is 0. The van der Waals surface area contributed by atoms with Gasteiger partial charge in [0.05, 0.1) is 25.9 Å². The molecule has 0 saturated carbocycles. The van der Waals surface area contributed by atoms with Crippen molar-refractivity contribution in [1.29, 1.82) is 0 Å². The van der Waals surface area contributed by atoms with Crippen molar-refractivity contribution < 1.29 is 46.6 Å². The fourth-order valence-electron chi connectivity index (χ4n) is 5.56. The van der Waals surface area contributed by atoms with Gasteiger partial charge < -0.3 is 30.3 Å². The molecule has 2 fully saturated rings. The molecule has 4 aromatic heterocycles. The molecular formula is C25H30F2N10O8P2S2+2. The number of hydrogen-bond donors (Lipinski definition) is 6. The van der Waals surface area contributed by atoms with E-state index in [0.29, 0.717) is 42.2 Å². The highest BCUT2D eigenvalue weighted by atomic mass is 32.7. The van der Waals surface area contributed by atoms with Gasteiger partial charge in [-0.25, -0.2) is 38.7 Å². The number of fused-ring (bicyclic) bond motifs is 2. The van der Waals surface area contributed by atoms with Crippen molar-refractivity contribution in [3.8, 4) is 0 Å². The summed E-state index contributed by atoms with van der Waals surface area (Å²) in [6.07, 6.45) is -1.06. The predicted molar refractivity (Wildman–Crippen MR) is 176 cm³/mol. The number of aliphatic hydroxyl groups excluding tert-OH is 2. The second-order valence-corrected chi connectivity index (χ2v) is 14.0. The Labute approximate surface area is 288 Å². The van der Waals surface area contributed by atoms with Crippen molar-refractivity contribution in [1.82, 2.24) is 39.0 Å². The van der Waals surface area contributed by atoms with Gasteiger partial charge in [-0.05, 0) is 15.6 Å². The van der Waals surface area contributed by atoms with E-state index in [1.165, 1.54) is 34.4 Å². The van der Waals surface area contributed by atoms with Crippen molar-refractivity contribution in [3.05, 3.63) is 37.5 Å². The molecule has 4 N–H and O–H groups in total. The smallest absolute Gasteiger partial charge is 0.394 e. The van der Waals surface area contributed by atoms with Crippen LogP contribution < -0.4 is 10.6 Å². The molecule has 6 rings (SSSR count). The zero-order chi connectivity index (χ0) is 34.7. The fourth-order valence-corrected chi connectivity index (χ4v) is 7.13. The monoisotopic (exact) mass is 762 g/mol. The van der Waals surface area contributed by atoms with Crippen LogP contribution in [0.2, 0.25) is 0 Å². The van der Waals surface area contributed by atoms with E-state index < -0.39 is 76.9 Å². The molecule has 2 saturated heterocycles. The highest BCUT2D eigenvalue weighted by molar-refractivity contribution is 8.39. The third-order valence-corrected chi connectivity index (χ3v) is 9.15. The molecule has 24 heteroatoms. The number of alkyl halides is 2. The Bertz CT molecular complexity index is 1840. The molecular weight excluding hydrogens is 732 g/mol. The van der Waals surface area contributed by atoms with E-state index in [0.717, 1.165) is 0 Å². The van der Waals surface area contributed by atoms with E-state index >= 15 is 8.78 Å². The van der Waals surface area contributed by atoms with Crippen LogP contribution in [0.5, 0.6) is 0 Å². The molecule has 10 atom stereocenters. The van der Waals surface area contributed by atoms with Crippen LogP contribution in [0.4, 0.5) is 20.4 Å². The van der Waals surface area contributed by atoms with E-state index in [1.807, 2.05) is 12.2 Å². The van der Waals surface area contributed by atoms with Gasteiger partial charge in [0.2, 0.25) is 0 Å². The van der Waals surface area contributed by atoms with E-state index in [1.54, 1.807) is 0 Å². The minimum absolute atomic E-state index is 0.280. The van der Waals surface area contributed by atoms with Gasteiger partial charge in [-0.1, -0.05) is 12.2 Å². The van der Waals surface area contributed by atoms with Gasteiger partial charge in [-0.15, -0.1) is 9.05 Å². The lowest BCUT2D eigenvalue weighted by molar-refractivity contribution is -0.0427. The van der Waals surface area contributed by atoms with Crippen LogP contribution >= 0.6 is 39.0 Å². The second kappa shape index (κ2) is 15.9. The number of ether oxygens (including phenoxy) is 2. The molecule has 49 heavy (non-hydrogen) atoms. The minimum atomic E-state index is -2.43. The third kappa shape index (κ3) is 7.53. The Balaban J connectivity index is 1.03. The highest BCUT2D eigenvalue weighted by Gasteiger charge is 2.52. The van der Waals surface area contributed by atoms with Crippen molar-refractivity contribution >= 4 is 72.9 Å². The van der Waals surface area contributed by atoms with Gasteiger partial charge in [0.15, 0.2) is 71.0 Å². The van der Waals surface area contributed by atoms with E-state index in [9.17, 15) is 19.3 Å². The number of hydrogen-bond acceptors (Lipinski definition) is 16. The first-order valence-electron chi connectivity index (χ1n) is 14.7. The maximum Gasteiger partial charge on any atom is 0.582 e. The fraction of sp³-hybridized carbons (Fsp3) is 0.520. The summed E-state index contributed by atoms with van der Waals surface area (Å²) in [6.45, 7) is -0.261. The number of imidazole rings is 2. The quantitative estimate of drug-likeness (QED) is 0.0444. The largest absolute Gasteiger partial charge is 0.582 e. The standard InChI is InChI=1S/C25H28F2N10O8P2S2/c26-14-18(44-46(40)48)12(6-38)42-24(14)36-10-34-16-20(30-8-32-22(16)36)28-4-2-1-3-5-29-21-17-23(33-9-31-21)37(11-35-17)25-15(27)19(45-47(41)49)13(7-39)43-25/h1-2,8-15,18-19,24-25,38-39H,3-7H2,(H2-2,28,29,30,31,32,33,40,41,48,49)/p+2/b2-1+/t12?,13?,14-,15-,18-,19-,24-,25?/m1/s1. The zero-order valence-electron chi connectivity index (χ0n) is 25.1. The van der Waals surface area contributed by atoms with Crippen LogP contribution in [0.25, 0.3) is 22.3 Å². The molecule has 18 nitrogen and oxygen atoms in total. The summed E-state index contributed by atoms with van der Waals surface area (Å²) in [7, 11) is -4.85. The first kappa shape index (κ1) is 35.8. The maximum atomic E-state index is 15.2. The molecule has 5 unspecified atom stereocenters. The second-order valence-electron chi connectivity index (χ2n) is 10.7. The Hall–Kier alpha value is -3.04. The van der Waals surface area contributed by atoms with E-state index in [2.05, 4.69) is 65.0 Å². The lowest BCUT2D eigenvalue weighted by atomic mass is 10.1. The Morgan fingerprint density at radius 3 is 1.76 bits per heavy atom. The molecule has 2 aliphatic rings. The minimum Gasteiger partial charge on any atom is -0.394 e. The molecule has 0 aliphatic carbocycles. The number of aromatic nitrogens is 8. The highest BCUT2D eigenvalue weighted by Crippen LogP contribution is 2.42. The third-order valence-electron chi connectivity index (χ3n) is 7.74. The van der Waals surface area contributed by atoms with Crippen LogP contribution in [0.3, 0.4) is 0 Å². The molecule has 6 heterocycles. The number of thiol groups is 2. The summed E-state index contributed by atoms with van der Waals surface area (Å²) >= 11 is 7.35. The summed E-state index contributed by atoms with van der Waals surface area (Å²) in [5.74, 6) is 0.810. The first-order chi connectivity index (χ1) is 23.7. The number of nitrogens with one attached hydrogen (secondary N) is 2. The average molecular weight is 763 g/mol. The molecule has 2 aliphatic heterocycles. The van der Waals surface area contributed by atoms with Crippen molar-refractivity contribution in [2.45, 2.75) is 55.6 Å².